The summed E-state index contributed by atoms with van der Waals surface area (Å²) in [5.41, 5.74) is 0. The van der Waals surface area contributed by atoms with Gasteiger partial charge in [-0.05, 0) is 45.4 Å². The largest absolute Gasteiger partial charge is 0.518 e. The summed E-state index contributed by atoms with van der Waals surface area (Å²) in [5, 5.41) is 0. The van der Waals surface area contributed by atoms with Crippen molar-refractivity contribution in [3.63, 3.8) is 0 Å². The minimum atomic E-state index is -0.652. The molecule has 0 fully saturated rings. The van der Waals surface area contributed by atoms with Crippen molar-refractivity contribution < 1.29 is 12.6 Å². The molecule has 0 amide bonds. The van der Waals surface area contributed by atoms with Crippen molar-refractivity contribution in [1.82, 2.24) is 0 Å². The summed E-state index contributed by atoms with van der Waals surface area (Å²) in [6.45, 7) is 1.80. The van der Waals surface area contributed by atoms with Crippen LogP contribution in [0.5, 0.6) is 0 Å². The highest BCUT2D eigenvalue weighted by Gasteiger charge is 2.07. The number of ether oxygens (including phenoxy) is 1. The van der Waals surface area contributed by atoms with Gasteiger partial charge in [-0.25, -0.2) is 4.79 Å². The number of hydrogen-bond acceptors (Lipinski definition) is 3. The predicted octanol–water partition coefficient (Wildman–Crippen LogP) is 3.94. The highest BCUT2D eigenvalue weighted by molar-refractivity contribution is 14.1. The molecule has 0 aromatic heterocycles. The van der Waals surface area contributed by atoms with E-state index in [-0.39, 0.29) is 6.10 Å². The first kappa shape index (κ1) is 12.9. The Bertz CT molecular complexity index is 180. The molecule has 0 aliphatic carbocycles. The maximum Gasteiger partial charge on any atom is 0.518 e. The van der Waals surface area contributed by atoms with Crippen LogP contribution >= 0.6 is 61.5 Å². The zero-order chi connectivity index (χ0) is 9.56. The van der Waals surface area contributed by atoms with Gasteiger partial charge in [-0.15, -0.1) is 0 Å². The molecule has 0 radical (unpaired) electrons. The molecule has 1 unspecified atom stereocenters. The number of hydrogen-bond donors (Lipinski definition) is 0. The maximum atomic E-state index is 10.6. The summed E-state index contributed by atoms with van der Waals surface area (Å²) in [7, 11) is 0. The van der Waals surface area contributed by atoms with Crippen molar-refractivity contribution in [2.75, 3.05) is 0 Å². The molecule has 0 aliphatic heterocycles. The summed E-state index contributed by atoms with van der Waals surface area (Å²) in [5.74, 6) is 0. The summed E-state index contributed by atoms with van der Waals surface area (Å²) in [6.07, 6.45) is 1.79. The lowest BCUT2D eigenvalue weighted by Gasteiger charge is -2.07. The molecule has 0 heterocycles. The number of rotatable bonds is 3. The van der Waals surface area contributed by atoms with Gasteiger partial charge in [0.2, 0.25) is 0 Å². The summed E-state index contributed by atoms with van der Waals surface area (Å²) in [4.78, 5) is 10.6. The quantitative estimate of drug-likeness (QED) is 0.473. The van der Waals surface area contributed by atoms with Crippen molar-refractivity contribution >= 4 is 67.7 Å². The standard InChI is InChI=1S/C6H7BrI2O3/c1-4(2-3-5(7)8)11-6(10)12-9/h3-4H,2H2,1H3. The molecule has 70 valence electrons. The third-order valence-corrected chi connectivity index (χ3v) is 2.09. The first-order valence-corrected chi connectivity index (χ1v) is 5.82. The van der Waals surface area contributed by atoms with Gasteiger partial charge in [0.1, 0.15) is 6.10 Å². The summed E-state index contributed by atoms with van der Waals surface area (Å²) in [6, 6.07) is 0. The van der Waals surface area contributed by atoms with Crippen LogP contribution in [0.1, 0.15) is 13.3 Å². The van der Waals surface area contributed by atoms with E-state index in [9.17, 15) is 4.79 Å². The van der Waals surface area contributed by atoms with E-state index in [1.807, 2.05) is 6.08 Å². The first-order valence-electron chi connectivity index (χ1n) is 3.06. The Hall–Kier alpha value is 0.950. The lowest BCUT2D eigenvalue weighted by Crippen LogP contribution is -2.12. The van der Waals surface area contributed by atoms with E-state index in [1.54, 1.807) is 6.92 Å². The van der Waals surface area contributed by atoms with Crippen LogP contribution in [-0.2, 0) is 7.80 Å². The Labute approximate surface area is 107 Å². The zero-order valence-corrected chi connectivity index (χ0v) is 12.1. The number of carbonyl (C=O) groups excluding carboxylic acids is 1. The van der Waals surface area contributed by atoms with E-state index in [2.05, 4.69) is 41.6 Å². The second kappa shape index (κ2) is 7.36. The molecule has 0 aliphatic rings. The third-order valence-electron chi connectivity index (χ3n) is 0.964. The molecule has 6 heteroatoms. The molecule has 0 spiro atoms. The molecule has 0 N–H and O–H groups in total. The number of halogens is 3. The van der Waals surface area contributed by atoms with Crippen LogP contribution in [-0.4, -0.2) is 12.3 Å². The maximum absolute atomic E-state index is 10.6. The highest BCUT2D eigenvalue weighted by atomic mass is 127. The molecule has 0 saturated carbocycles. The molecule has 0 rings (SSSR count). The topological polar surface area (TPSA) is 35.5 Å². The molecular weight excluding hydrogens is 454 g/mol. The summed E-state index contributed by atoms with van der Waals surface area (Å²) < 4.78 is 10.1. The van der Waals surface area contributed by atoms with Gasteiger partial charge in [0.25, 0.3) is 0 Å². The molecular formula is C6H7BrI2O3. The smallest absolute Gasteiger partial charge is 0.430 e. The Morgan fingerprint density at radius 2 is 2.33 bits per heavy atom. The van der Waals surface area contributed by atoms with Crippen LogP contribution in [0, 0.1) is 0 Å². The Morgan fingerprint density at radius 1 is 1.75 bits per heavy atom. The van der Waals surface area contributed by atoms with Gasteiger partial charge < -0.3 is 7.80 Å². The molecule has 1 atom stereocenters. The van der Waals surface area contributed by atoms with Gasteiger partial charge in [-0.1, -0.05) is 6.08 Å². The number of carbonyl (C=O) groups is 1. The lowest BCUT2D eigenvalue weighted by atomic mass is 10.3. The lowest BCUT2D eigenvalue weighted by molar-refractivity contribution is 0.0788. The molecule has 12 heavy (non-hydrogen) atoms. The fourth-order valence-electron chi connectivity index (χ4n) is 0.486. The van der Waals surface area contributed by atoms with Gasteiger partial charge in [-0.2, -0.15) is 0 Å². The van der Waals surface area contributed by atoms with E-state index in [4.69, 9.17) is 4.74 Å². The Kier molecular flexibility index (Phi) is 7.95. The van der Waals surface area contributed by atoms with Crippen LogP contribution < -0.4 is 0 Å². The first-order chi connectivity index (χ1) is 5.56. The second-order valence-corrected chi connectivity index (χ2v) is 5.92. The average Bonchev–Trinajstić information content (AvgIpc) is 2.00. The Morgan fingerprint density at radius 3 is 2.75 bits per heavy atom. The van der Waals surface area contributed by atoms with E-state index in [1.165, 1.54) is 23.0 Å². The van der Waals surface area contributed by atoms with Crippen LogP contribution in [0.15, 0.2) is 8.57 Å². The van der Waals surface area contributed by atoms with Crippen LogP contribution in [0.25, 0.3) is 0 Å². The monoisotopic (exact) mass is 460 g/mol. The minimum Gasteiger partial charge on any atom is -0.430 e. The predicted molar refractivity (Wildman–Crippen MR) is 66.7 cm³/mol. The SMILES string of the molecule is CC(CC=C(Br)I)OC(=O)OI. The van der Waals surface area contributed by atoms with E-state index < -0.39 is 6.16 Å². The fraction of sp³-hybridized carbons (Fsp3) is 0.500. The Balaban J connectivity index is 3.67. The molecule has 0 bridgehead atoms. The van der Waals surface area contributed by atoms with E-state index in [0.29, 0.717) is 6.42 Å². The molecule has 0 aromatic carbocycles. The zero-order valence-electron chi connectivity index (χ0n) is 6.22. The molecule has 0 saturated heterocycles. The molecule has 3 nitrogen and oxygen atoms in total. The van der Waals surface area contributed by atoms with Crippen LogP contribution in [0.3, 0.4) is 0 Å². The van der Waals surface area contributed by atoms with Crippen molar-refractivity contribution in [3.8, 4) is 0 Å². The van der Waals surface area contributed by atoms with Gasteiger partial charge in [0.15, 0.2) is 23.0 Å². The van der Waals surface area contributed by atoms with Gasteiger partial charge >= 0.3 is 6.16 Å². The van der Waals surface area contributed by atoms with Crippen molar-refractivity contribution in [2.24, 2.45) is 0 Å². The van der Waals surface area contributed by atoms with E-state index in [0.717, 1.165) is 2.49 Å². The summed E-state index contributed by atoms with van der Waals surface area (Å²) >= 11 is 6.87. The van der Waals surface area contributed by atoms with Gasteiger partial charge in [-0.3, -0.25) is 0 Å². The van der Waals surface area contributed by atoms with Crippen LogP contribution in [0.4, 0.5) is 4.79 Å². The van der Waals surface area contributed by atoms with Crippen molar-refractivity contribution in [1.29, 1.82) is 0 Å². The fourth-order valence-corrected chi connectivity index (χ4v) is 1.03. The highest BCUT2D eigenvalue weighted by Crippen LogP contribution is 2.16. The minimum absolute atomic E-state index is 0.158. The van der Waals surface area contributed by atoms with Crippen molar-refractivity contribution in [3.05, 3.63) is 8.57 Å². The second-order valence-electron chi connectivity index (χ2n) is 1.99. The third kappa shape index (κ3) is 7.59. The van der Waals surface area contributed by atoms with Gasteiger partial charge in [0, 0.05) is 6.42 Å². The van der Waals surface area contributed by atoms with Gasteiger partial charge in [0.05, 0.1) is 2.49 Å². The van der Waals surface area contributed by atoms with Crippen LogP contribution in [0.2, 0.25) is 0 Å². The van der Waals surface area contributed by atoms with E-state index >= 15 is 0 Å². The normalized spacial score (nSPS) is 13.8. The van der Waals surface area contributed by atoms with Crippen molar-refractivity contribution in [2.45, 2.75) is 19.4 Å². The average molecular weight is 461 g/mol. The molecule has 0 aromatic rings.